The monoisotopic (exact) mass is 168 g/mol. The molecule has 1 rings (SSSR count). The summed E-state index contributed by atoms with van der Waals surface area (Å²) in [6, 6.07) is 1.32. The van der Waals surface area contributed by atoms with Crippen molar-refractivity contribution in [2.45, 2.75) is 6.92 Å². The van der Waals surface area contributed by atoms with Crippen LogP contribution in [0, 0.1) is 6.92 Å². The number of carbonyl (C=O) groups is 1. The van der Waals surface area contributed by atoms with E-state index in [4.69, 9.17) is 10.8 Å². The van der Waals surface area contributed by atoms with Crippen LogP contribution in [0.25, 0.3) is 0 Å². The average Bonchev–Trinajstić information content (AvgIpc) is 1.96. The summed E-state index contributed by atoms with van der Waals surface area (Å²) in [5.41, 5.74) is 4.52. The minimum Gasteiger partial charge on any atom is -0.502 e. The third-order valence-corrected chi connectivity index (χ3v) is 1.41. The Hall–Kier alpha value is -1.78. The Bertz CT molecular complexity index is 381. The van der Waals surface area contributed by atoms with Crippen molar-refractivity contribution in [2.75, 3.05) is 0 Å². The third-order valence-electron chi connectivity index (χ3n) is 1.41. The van der Waals surface area contributed by atoms with E-state index in [2.05, 4.69) is 4.98 Å². The van der Waals surface area contributed by atoms with Gasteiger partial charge in [0.1, 0.15) is 0 Å². The molecule has 0 fully saturated rings. The number of primary amides is 1. The minimum absolute atomic E-state index is 0.156. The summed E-state index contributed by atoms with van der Waals surface area (Å²) in [7, 11) is 0. The van der Waals surface area contributed by atoms with E-state index in [1.54, 1.807) is 6.92 Å². The topological polar surface area (TPSA) is 96.2 Å². The smallest absolute Gasteiger partial charge is 0.291 e. The molecule has 12 heavy (non-hydrogen) atoms. The number of hydrogen-bond donors (Lipinski definition) is 3. The molecular weight excluding hydrogens is 160 g/mol. The van der Waals surface area contributed by atoms with E-state index in [9.17, 15) is 9.59 Å². The summed E-state index contributed by atoms with van der Waals surface area (Å²) in [4.78, 5) is 23.8. The molecule has 0 atom stereocenters. The van der Waals surface area contributed by atoms with Crippen LogP contribution >= 0.6 is 0 Å². The molecule has 0 aliphatic carbocycles. The van der Waals surface area contributed by atoms with Gasteiger partial charge in [0.15, 0.2) is 5.75 Å². The van der Waals surface area contributed by atoms with Gasteiger partial charge in [0.05, 0.1) is 5.56 Å². The molecule has 1 aromatic rings. The highest BCUT2D eigenvalue weighted by Gasteiger charge is 2.10. The molecule has 0 aliphatic rings. The number of nitrogens with one attached hydrogen (secondary N) is 1. The molecule has 0 saturated carbocycles. The lowest BCUT2D eigenvalue weighted by molar-refractivity contribution is 0.0997. The van der Waals surface area contributed by atoms with Crippen molar-refractivity contribution in [1.82, 2.24) is 4.98 Å². The predicted molar refractivity (Wildman–Crippen MR) is 42.0 cm³/mol. The van der Waals surface area contributed by atoms with E-state index >= 15 is 0 Å². The van der Waals surface area contributed by atoms with Crippen LogP contribution in [0.2, 0.25) is 0 Å². The maximum Gasteiger partial charge on any atom is 0.291 e. The summed E-state index contributed by atoms with van der Waals surface area (Å²) >= 11 is 0. The van der Waals surface area contributed by atoms with E-state index in [-0.39, 0.29) is 5.56 Å². The molecule has 0 radical (unpaired) electrons. The molecule has 0 bridgehead atoms. The van der Waals surface area contributed by atoms with Gasteiger partial charge in [-0.15, -0.1) is 0 Å². The number of aromatic hydroxyl groups is 1. The Morgan fingerprint density at radius 3 is 2.75 bits per heavy atom. The maximum atomic E-state index is 10.9. The second-order valence-electron chi connectivity index (χ2n) is 2.41. The Morgan fingerprint density at radius 2 is 2.25 bits per heavy atom. The molecule has 1 amide bonds. The fourth-order valence-electron chi connectivity index (χ4n) is 0.869. The molecule has 0 spiro atoms. The Morgan fingerprint density at radius 1 is 1.67 bits per heavy atom. The van der Waals surface area contributed by atoms with Crippen LogP contribution in [0.4, 0.5) is 0 Å². The van der Waals surface area contributed by atoms with Gasteiger partial charge in [-0.25, -0.2) is 0 Å². The van der Waals surface area contributed by atoms with Crippen molar-refractivity contribution in [2.24, 2.45) is 5.73 Å². The first-order valence-corrected chi connectivity index (χ1v) is 3.25. The summed E-state index contributed by atoms with van der Waals surface area (Å²) in [6.07, 6.45) is 0. The molecule has 0 unspecified atom stereocenters. The van der Waals surface area contributed by atoms with Gasteiger partial charge in [-0.05, 0) is 13.0 Å². The van der Waals surface area contributed by atoms with Gasteiger partial charge < -0.3 is 15.8 Å². The summed E-state index contributed by atoms with van der Waals surface area (Å²) in [5, 5.41) is 9.05. The van der Waals surface area contributed by atoms with Crippen LogP contribution in [-0.4, -0.2) is 16.0 Å². The first-order valence-electron chi connectivity index (χ1n) is 3.25. The van der Waals surface area contributed by atoms with Gasteiger partial charge >= 0.3 is 0 Å². The van der Waals surface area contributed by atoms with Crippen molar-refractivity contribution in [3.8, 4) is 5.75 Å². The molecule has 5 heteroatoms. The molecule has 0 aliphatic heterocycles. The number of nitrogens with two attached hydrogens (primary N) is 1. The molecule has 1 heterocycles. The normalized spacial score (nSPS) is 9.75. The SMILES string of the molecule is Cc1cc(C(N)=O)c(O)c(=O)[nH]1. The highest BCUT2D eigenvalue weighted by atomic mass is 16.3. The molecule has 5 nitrogen and oxygen atoms in total. The average molecular weight is 168 g/mol. The zero-order chi connectivity index (χ0) is 9.30. The van der Waals surface area contributed by atoms with Crippen molar-refractivity contribution < 1.29 is 9.90 Å². The largest absolute Gasteiger partial charge is 0.502 e. The number of carbonyl (C=O) groups excluding carboxylic acids is 1. The minimum atomic E-state index is -0.818. The lowest BCUT2D eigenvalue weighted by atomic mass is 10.2. The highest BCUT2D eigenvalue weighted by Crippen LogP contribution is 2.09. The van der Waals surface area contributed by atoms with Gasteiger partial charge in [-0.1, -0.05) is 0 Å². The van der Waals surface area contributed by atoms with Crippen molar-refractivity contribution in [3.63, 3.8) is 0 Å². The zero-order valence-corrected chi connectivity index (χ0v) is 6.42. The summed E-state index contributed by atoms with van der Waals surface area (Å²) < 4.78 is 0. The molecule has 0 aromatic carbocycles. The van der Waals surface area contributed by atoms with Crippen molar-refractivity contribution >= 4 is 5.91 Å². The summed E-state index contributed by atoms with van der Waals surface area (Å²) in [6.45, 7) is 1.59. The quantitative estimate of drug-likeness (QED) is 0.526. The Kier molecular flexibility index (Phi) is 1.86. The lowest BCUT2D eigenvalue weighted by Gasteiger charge is -1.99. The van der Waals surface area contributed by atoms with Crippen LogP contribution < -0.4 is 11.3 Å². The number of aromatic nitrogens is 1. The highest BCUT2D eigenvalue weighted by molar-refractivity contribution is 5.95. The van der Waals surface area contributed by atoms with Gasteiger partial charge in [-0.2, -0.15) is 0 Å². The second-order valence-corrected chi connectivity index (χ2v) is 2.41. The lowest BCUT2D eigenvalue weighted by Crippen LogP contribution is -2.17. The number of pyridine rings is 1. The Labute approximate surface area is 67.8 Å². The number of H-pyrrole nitrogens is 1. The first-order chi connectivity index (χ1) is 5.52. The van der Waals surface area contributed by atoms with Gasteiger partial charge in [0.2, 0.25) is 0 Å². The summed E-state index contributed by atoms with van der Waals surface area (Å²) in [5.74, 6) is -1.45. The Balaban J connectivity index is 3.48. The van der Waals surface area contributed by atoms with E-state index in [1.165, 1.54) is 6.07 Å². The fourth-order valence-corrected chi connectivity index (χ4v) is 0.869. The third kappa shape index (κ3) is 1.29. The second kappa shape index (κ2) is 2.69. The molecule has 64 valence electrons. The van der Waals surface area contributed by atoms with Gasteiger partial charge in [0, 0.05) is 5.69 Å². The van der Waals surface area contributed by atoms with Crippen LogP contribution in [0.15, 0.2) is 10.9 Å². The van der Waals surface area contributed by atoms with Crippen molar-refractivity contribution in [3.05, 3.63) is 27.7 Å². The fraction of sp³-hybridized carbons (Fsp3) is 0.143. The number of aromatic amines is 1. The van der Waals surface area contributed by atoms with Crippen LogP contribution in [0.1, 0.15) is 16.1 Å². The number of amides is 1. The molecule has 0 saturated heterocycles. The maximum absolute atomic E-state index is 10.9. The van der Waals surface area contributed by atoms with Crippen LogP contribution in [0.3, 0.4) is 0 Å². The van der Waals surface area contributed by atoms with E-state index in [0.717, 1.165) is 0 Å². The predicted octanol–water partition coefficient (Wildman–Crippen LogP) is -0.512. The number of aryl methyl sites for hydroxylation is 1. The molecular formula is C7H8N2O3. The molecule has 1 aromatic heterocycles. The van der Waals surface area contributed by atoms with E-state index < -0.39 is 17.2 Å². The van der Waals surface area contributed by atoms with E-state index in [0.29, 0.717) is 5.69 Å². The van der Waals surface area contributed by atoms with Gasteiger partial charge in [-0.3, -0.25) is 9.59 Å². The molecule has 4 N–H and O–H groups in total. The standard InChI is InChI=1S/C7H8N2O3/c1-3-2-4(6(8)11)5(10)7(12)9-3/h2,10H,1H3,(H2,8,11)(H,9,12). The number of hydrogen-bond acceptors (Lipinski definition) is 3. The zero-order valence-electron chi connectivity index (χ0n) is 6.42. The van der Waals surface area contributed by atoms with E-state index in [1.807, 2.05) is 0 Å². The van der Waals surface area contributed by atoms with Crippen molar-refractivity contribution in [1.29, 1.82) is 0 Å². The van der Waals surface area contributed by atoms with Crippen LogP contribution in [0.5, 0.6) is 5.75 Å². The van der Waals surface area contributed by atoms with Crippen LogP contribution in [-0.2, 0) is 0 Å². The first kappa shape index (κ1) is 8.32. The van der Waals surface area contributed by atoms with Gasteiger partial charge in [0.25, 0.3) is 11.5 Å². The number of rotatable bonds is 1.